The highest BCUT2D eigenvalue weighted by Crippen LogP contribution is 2.67. The first-order valence-electron chi connectivity index (χ1n) is 6.20. The molecule has 0 aliphatic heterocycles. The van der Waals surface area contributed by atoms with Crippen LogP contribution in [0.2, 0.25) is 0 Å². The van der Waals surface area contributed by atoms with Crippen molar-refractivity contribution in [2.75, 3.05) is 6.54 Å². The SMILES string of the molecule is CC1(C)C(CNC(=O)c2ccccc2)C1(C)C. The van der Waals surface area contributed by atoms with Gasteiger partial charge in [-0.05, 0) is 28.9 Å². The lowest BCUT2D eigenvalue weighted by molar-refractivity contribution is 0.0950. The summed E-state index contributed by atoms with van der Waals surface area (Å²) in [6, 6.07) is 9.39. The van der Waals surface area contributed by atoms with E-state index in [2.05, 4.69) is 33.0 Å². The van der Waals surface area contributed by atoms with Crippen LogP contribution in [0.5, 0.6) is 0 Å². The highest BCUT2D eigenvalue weighted by Gasteiger charge is 2.64. The van der Waals surface area contributed by atoms with E-state index in [1.807, 2.05) is 30.3 Å². The van der Waals surface area contributed by atoms with Crippen molar-refractivity contribution in [1.82, 2.24) is 5.32 Å². The lowest BCUT2D eigenvalue weighted by Gasteiger charge is -2.06. The highest BCUT2D eigenvalue weighted by molar-refractivity contribution is 5.94. The molecule has 1 fully saturated rings. The zero-order chi connectivity index (χ0) is 12.7. The zero-order valence-corrected chi connectivity index (χ0v) is 11.1. The molecule has 2 nitrogen and oxygen atoms in total. The molecule has 1 aromatic carbocycles. The van der Waals surface area contributed by atoms with Gasteiger partial charge in [-0.1, -0.05) is 45.9 Å². The number of hydrogen-bond donors (Lipinski definition) is 1. The standard InChI is InChI=1S/C15H21NO/c1-14(2)12(15(14,3)4)10-16-13(17)11-8-6-5-7-9-11/h5-9,12H,10H2,1-4H3,(H,16,17). The Hall–Kier alpha value is -1.31. The molecule has 1 amide bonds. The second-order valence-corrected chi connectivity index (χ2v) is 6.07. The largest absolute Gasteiger partial charge is 0.352 e. The molecule has 0 spiro atoms. The molecular weight excluding hydrogens is 210 g/mol. The van der Waals surface area contributed by atoms with E-state index >= 15 is 0 Å². The topological polar surface area (TPSA) is 29.1 Å². The Morgan fingerprint density at radius 3 is 2.12 bits per heavy atom. The minimum atomic E-state index is 0.0316. The quantitative estimate of drug-likeness (QED) is 0.851. The fraction of sp³-hybridized carbons (Fsp3) is 0.533. The van der Waals surface area contributed by atoms with Crippen LogP contribution in [0.3, 0.4) is 0 Å². The lowest BCUT2D eigenvalue weighted by atomic mass is 10.0. The van der Waals surface area contributed by atoms with Crippen LogP contribution >= 0.6 is 0 Å². The Balaban J connectivity index is 1.91. The molecule has 2 heteroatoms. The second kappa shape index (κ2) is 3.86. The van der Waals surface area contributed by atoms with Gasteiger partial charge in [0.1, 0.15) is 0 Å². The van der Waals surface area contributed by atoms with E-state index in [4.69, 9.17) is 0 Å². The van der Waals surface area contributed by atoms with Crippen molar-refractivity contribution in [2.45, 2.75) is 27.7 Å². The molecule has 1 saturated carbocycles. The van der Waals surface area contributed by atoms with Crippen LogP contribution < -0.4 is 5.32 Å². The Morgan fingerprint density at radius 2 is 1.65 bits per heavy atom. The number of carbonyl (C=O) groups is 1. The molecule has 0 bridgehead atoms. The molecule has 0 radical (unpaired) electrons. The summed E-state index contributed by atoms with van der Waals surface area (Å²) in [4.78, 5) is 11.9. The number of benzene rings is 1. The van der Waals surface area contributed by atoms with Crippen molar-refractivity contribution < 1.29 is 4.79 Å². The predicted molar refractivity (Wildman–Crippen MR) is 69.8 cm³/mol. The Bertz CT molecular complexity index is 406. The molecular formula is C15H21NO. The van der Waals surface area contributed by atoms with Gasteiger partial charge in [-0.25, -0.2) is 0 Å². The first-order chi connectivity index (χ1) is 7.87. The summed E-state index contributed by atoms with van der Waals surface area (Å²) in [7, 11) is 0. The molecule has 92 valence electrons. The molecule has 0 unspecified atom stereocenters. The molecule has 1 aliphatic rings. The smallest absolute Gasteiger partial charge is 0.251 e. The summed E-state index contributed by atoms with van der Waals surface area (Å²) in [5.41, 5.74) is 1.40. The molecule has 17 heavy (non-hydrogen) atoms. The minimum Gasteiger partial charge on any atom is -0.352 e. The molecule has 1 N–H and O–H groups in total. The van der Waals surface area contributed by atoms with Gasteiger partial charge in [0.2, 0.25) is 0 Å². The van der Waals surface area contributed by atoms with Gasteiger partial charge in [-0.2, -0.15) is 0 Å². The van der Waals surface area contributed by atoms with Gasteiger partial charge in [0, 0.05) is 12.1 Å². The van der Waals surface area contributed by atoms with E-state index in [-0.39, 0.29) is 5.91 Å². The Kier molecular flexibility index (Phi) is 2.76. The first-order valence-corrected chi connectivity index (χ1v) is 6.20. The van der Waals surface area contributed by atoms with E-state index in [1.54, 1.807) is 0 Å². The van der Waals surface area contributed by atoms with E-state index in [0.717, 1.165) is 12.1 Å². The number of carbonyl (C=O) groups excluding carboxylic acids is 1. The third kappa shape index (κ3) is 1.97. The van der Waals surface area contributed by atoms with E-state index in [9.17, 15) is 4.79 Å². The molecule has 0 heterocycles. The summed E-state index contributed by atoms with van der Waals surface area (Å²) in [6.45, 7) is 9.85. The minimum absolute atomic E-state index is 0.0316. The van der Waals surface area contributed by atoms with E-state index in [1.165, 1.54) is 0 Å². The summed E-state index contributed by atoms with van der Waals surface area (Å²) in [5.74, 6) is 0.603. The molecule has 1 aliphatic carbocycles. The average molecular weight is 231 g/mol. The van der Waals surface area contributed by atoms with Crippen LogP contribution in [0.25, 0.3) is 0 Å². The fourth-order valence-electron chi connectivity index (χ4n) is 2.73. The molecule has 0 aromatic heterocycles. The van der Waals surface area contributed by atoms with Crippen LogP contribution in [0.15, 0.2) is 30.3 Å². The number of hydrogen-bond acceptors (Lipinski definition) is 1. The van der Waals surface area contributed by atoms with Gasteiger partial charge in [-0.15, -0.1) is 0 Å². The average Bonchev–Trinajstić information content (AvgIpc) is 2.68. The summed E-state index contributed by atoms with van der Waals surface area (Å²) < 4.78 is 0. The van der Waals surface area contributed by atoms with Gasteiger partial charge in [0.05, 0.1) is 0 Å². The summed E-state index contributed by atoms with van der Waals surface area (Å²) >= 11 is 0. The van der Waals surface area contributed by atoms with Crippen LogP contribution in [0, 0.1) is 16.7 Å². The van der Waals surface area contributed by atoms with Crippen molar-refractivity contribution in [3.05, 3.63) is 35.9 Å². The summed E-state index contributed by atoms with van der Waals surface area (Å²) in [6.07, 6.45) is 0. The van der Waals surface area contributed by atoms with Crippen molar-refractivity contribution in [1.29, 1.82) is 0 Å². The first kappa shape index (κ1) is 12.2. The monoisotopic (exact) mass is 231 g/mol. The van der Waals surface area contributed by atoms with Gasteiger partial charge in [-0.3, -0.25) is 4.79 Å². The van der Waals surface area contributed by atoms with E-state index < -0.39 is 0 Å². The van der Waals surface area contributed by atoms with Gasteiger partial charge >= 0.3 is 0 Å². The molecule has 1 aromatic rings. The lowest BCUT2D eigenvalue weighted by Crippen LogP contribution is -2.27. The maximum atomic E-state index is 11.9. The summed E-state index contributed by atoms with van der Waals surface area (Å²) in [5, 5.41) is 3.03. The van der Waals surface area contributed by atoms with Gasteiger partial charge in [0.15, 0.2) is 0 Å². The predicted octanol–water partition coefficient (Wildman–Crippen LogP) is 3.10. The van der Waals surface area contributed by atoms with Crippen molar-refractivity contribution >= 4 is 5.91 Å². The molecule has 0 saturated heterocycles. The van der Waals surface area contributed by atoms with Gasteiger partial charge < -0.3 is 5.32 Å². The van der Waals surface area contributed by atoms with Crippen LogP contribution in [-0.4, -0.2) is 12.5 Å². The van der Waals surface area contributed by atoms with Crippen molar-refractivity contribution in [3.63, 3.8) is 0 Å². The maximum absolute atomic E-state index is 11.9. The van der Waals surface area contributed by atoms with Crippen molar-refractivity contribution in [3.8, 4) is 0 Å². The normalized spacial score (nSPS) is 20.9. The van der Waals surface area contributed by atoms with Crippen LogP contribution in [0.1, 0.15) is 38.1 Å². The molecule has 0 atom stereocenters. The number of rotatable bonds is 3. The number of amides is 1. The fourth-order valence-corrected chi connectivity index (χ4v) is 2.73. The third-order valence-electron chi connectivity index (χ3n) is 4.82. The van der Waals surface area contributed by atoms with E-state index in [0.29, 0.717) is 16.7 Å². The van der Waals surface area contributed by atoms with Gasteiger partial charge in [0.25, 0.3) is 5.91 Å². The van der Waals surface area contributed by atoms with Crippen LogP contribution in [-0.2, 0) is 0 Å². The molecule has 2 rings (SSSR count). The zero-order valence-electron chi connectivity index (χ0n) is 11.1. The highest BCUT2D eigenvalue weighted by atomic mass is 16.1. The van der Waals surface area contributed by atoms with Crippen molar-refractivity contribution in [2.24, 2.45) is 16.7 Å². The third-order valence-corrected chi connectivity index (χ3v) is 4.82. The van der Waals surface area contributed by atoms with Crippen LogP contribution in [0.4, 0.5) is 0 Å². The Labute approximate surface area is 103 Å². The Morgan fingerprint density at radius 1 is 1.12 bits per heavy atom. The second-order valence-electron chi connectivity index (χ2n) is 6.07. The maximum Gasteiger partial charge on any atom is 0.251 e. The number of nitrogens with one attached hydrogen (secondary N) is 1.